The molecular weight excluding hydrogens is 420 g/mol. The minimum atomic E-state index is -0.385. The molecular formula is C25H28N4O4. The minimum Gasteiger partial charge on any atom is -0.496 e. The van der Waals surface area contributed by atoms with Crippen LogP contribution in [-0.2, 0) is 4.79 Å². The lowest BCUT2D eigenvalue weighted by molar-refractivity contribution is -0.116. The van der Waals surface area contributed by atoms with Gasteiger partial charge in [-0.15, -0.1) is 0 Å². The topological polar surface area (TPSA) is 93.5 Å². The fraction of sp³-hybridized carbons (Fsp3) is 0.280. The summed E-state index contributed by atoms with van der Waals surface area (Å²) < 4.78 is 6.76. The largest absolute Gasteiger partial charge is 0.496 e. The number of Topliss-reactive ketones (excluding diaryl/α,β-unsaturated/α-hetero) is 1. The van der Waals surface area contributed by atoms with E-state index in [2.05, 4.69) is 10.4 Å². The predicted octanol–water partition coefficient (Wildman–Crippen LogP) is 3.96. The molecule has 3 aromatic rings. The van der Waals surface area contributed by atoms with Crippen LogP contribution in [-0.4, -0.2) is 52.5 Å². The molecule has 0 spiro atoms. The molecule has 3 rings (SSSR count). The number of amides is 2. The van der Waals surface area contributed by atoms with Gasteiger partial charge in [-0.3, -0.25) is 14.4 Å². The van der Waals surface area contributed by atoms with E-state index in [-0.39, 0.29) is 36.3 Å². The lowest BCUT2D eigenvalue weighted by Gasteiger charge is -2.19. The van der Waals surface area contributed by atoms with Crippen molar-refractivity contribution < 1.29 is 19.1 Å². The Morgan fingerprint density at radius 2 is 1.61 bits per heavy atom. The van der Waals surface area contributed by atoms with Crippen molar-refractivity contribution in [2.75, 3.05) is 25.5 Å². The number of aromatic nitrogens is 2. The van der Waals surface area contributed by atoms with Crippen molar-refractivity contribution in [3.05, 3.63) is 71.9 Å². The first-order valence-corrected chi connectivity index (χ1v) is 10.9. The Morgan fingerprint density at radius 1 is 0.939 bits per heavy atom. The minimum absolute atomic E-state index is 0.00497. The van der Waals surface area contributed by atoms with Gasteiger partial charge in [-0.05, 0) is 38.1 Å². The molecule has 0 aliphatic heterocycles. The van der Waals surface area contributed by atoms with E-state index in [1.165, 1.54) is 18.0 Å². The maximum Gasteiger partial charge on any atom is 0.259 e. The fourth-order valence-electron chi connectivity index (χ4n) is 3.50. The number of para-hydroxylation sites is 2. The Labute approximate surface area is 193 Å². The highest BCUT2D eigenvalue weighted by Gasteiger charge is 2.24. The molecule has 0 atom stereocenters. The van der Waals surface area contributed by atoms with Crippen molar-refractivity contribution in [2.45, 2.75) is 26.7 Å². The van der Waals surface area contributed by atoms with Gasteiger partial charge in [-0.2, -0.15) is 5.10 Å². The number of carbonyl (C=O) groups excluding carboxylic acids is 3. The molecule has 0 unspecified atom stereocenters. The van der Waals surface area contributed by atoms with Crippen LogP contribution in [0.5, 0.6) is 5.75 Å². The second kappa shape index (κ2) is 11.1. The van der Waals surface area contributed by atoms with Crippen LogP contribution in [0.25, 0.3) is 5.69 Å². The molecule has 1 aromatic heterocycles. The maximum absolute atomic E-state index is 13.0. The van der Waals surface area contributed by atoms with Gasteiger partial charge in [0, 0.05) is 25.9 Å². The third kappa shape index (κ3) is 5.46. The van der Waals surface area contributed by atoms with Gasteiger partial charge in [0.15, 0.2) is 5.78 Å². The Balaban J connectivity index is 1.82. The molecule has 0 aliphatic rings. The van der Waals surface area contributed by atoms with E-state index in [4.69, 9.17) is 4.74 Å². The Hall–Kier alpha value is -3.94. The summed E-state index contributed by atoms with van der Waals surface area (Å²) in [6, 6.07) is 16.1. The molecule has 0 saturated carbocycles. The summed E-state index contributed by atoms with van der Waals surface area (Å²) in [6.45, 7) is 4.86. The van der Waals surface area contributed by atoms with E-state index >= 15 is 0 Å². The number of ether oxygens (including phenoxy) is 1. The number of benzene rings is 2. The molecule has 0 fully saturated rings. The van der Waals surface area contributed by atoms with Crippen LogP contribution >= 0.6 is 0 Å². The van der Waals surface area contributed by atoms with Crippen molar-refractivity contribution in [3.63, 3.8) is 0 Å². The van der Waals surface area contributed by atoms with Crippen LogP contribution < -0.4 is 10.1 Å². The zero-order valence-electron chi connectivity index (χ0n) is 19.1. The lowest BCUT2D eigenvalue weighted by Crippen LogP contribution is -2.31. The molecule has 2 aromatic carbocycles. The van der Waals surface area contributed by atoms with Gasteiger partial charge in [0.05, 0.1) is 24.6 Å². The number of rotatable bonds is 10. The van der Waals surface area contributed by atoms with Crippen LogP contribution in [0.4, 0.5) is 5.82 Å². The first-order valence-electron chi connectivity index (χ1n) is 10.9. The van der Waals surface area contributed by atoms with E-state index < -0.39 is 0 Å². The monoisotopic (exact) mass is 448 g/mol. The molecule has 0 aliphatic carbocycles. The zero-order valence-corrected chi connectivity index (χ0v) is 19.1. The normalized spacial score (nSPS) is 10.5. The average molecular weight is 449 g/mol. The molecule has 0 saturated heterocycles. The van der Waals surface area contributed by atoms with E-state index in [1.807, 2.05) is 44.2 Å². The molecule has 1 heterocycles. The second-order valence-corrected chi connectivity index (χ2v) is 7.30. The molecule has 0 bridgehead atoms. The van der Waals surface area contributed by atoms with E-state index in [0.29, 0.717) is 35.7 Å². The summed E-state index contributed by atoms with van der Waals surface area (Å²) in [6.07, 6.45) is 1.42. The fourth-order valence-corrected chi connectivity index (χ4v) is 3.50. The number of carbonyl (C=O) groups is 3. The Kier molecular flexibility index (Phi) is 7.96. The number of ketones is 1. The average Bonchev–Trinajstić information content (AvgIpc) is 3.27. The van der Waals surface area contributed by atoms with Crippen molar-refractivity contribution in [1.82, 2.24) is 14.7 Å². The maximum atomic E-state index is 13.0. The Morgan fingerprint density at radius 3 is 2.27 bits per heavy atom. The first-order chi connectivity index (χ1) is 16.0. The van der Waals surface area contributed by atoms with E-state index in [9.17, 15) is 14.4 Å². The van der Waals surface area contributed by atoms with Gasteiger partial charge in [-0.1, -0.05) is 30.3 Å². The molecule has 8 heteroatoms. The van der Waals surface area contributed by atoms with Crippen molar-refractivity contribution in [2.24, 2.45) is 0 Å². The highest BCUT2D eigenvalue weighted by molar-refractivity contribution is 6.05. The highest BCUT2D eigenvalue weighted by Crippen LogP contribution is 2.23. The van der Waals surface area contributed by atoms with E-state index in [1.54, 1.807) is 29.2 Å². The SMILES string of the molecule is CCN(CC)C(=O)c1cnn(-c2ccccc2)c1NC(=O)CCC(=O)c1ccccc1OC. The summed E-state index contributed by atoms with van der Waals surface area (Å²) in [4.78, 5) is 40.1. The third-order valence-electron chi connectivity index (χ3n) is 5.30. The standard InChI is InChI=1S/C25H28N4O4/c1-4-28(5-2)25(32)20-17-26-29(18-11-7-6-8-12-18)24(20)27-23(31)16-15-21(30)19-13-9-10-14-22(19)33-3/h6-14,17H,4-5,15-16H2,1-3H3,(H,27,31). The zero-order chi connectivity index (χ0) is 23.8. The van der Waals surface area contributed by atoms with Crippen molar-refractivity contribution in [3.8, 4) is 11.4 Å². The van der Waals surface area contributed by atoms with E-state index in [0.717, 1.165) is 0 Å². The van der Waals surface area contributed by atoms with Crippen LogP contribution in [0.1, 0.15) is 47.4 Å². The van der Waals surface area contributed by atoms with Gasteiger partial charge in [0.1, 0.15) is 17.1 Å². The molecule has 0 radical (unpaired) electrons. The predicted molar refractivity (Wildman–Crippen MR) is 126 cm³/mol. The van der Waals surface area contributed by atoms with Crippen molar-refractivity contribution in [1.29, 1.82) is 0 Å². The van der Waals surface area contributed by atoms with Crippen LogP contribution in [0, 0.1) is 0 Å². The first kappa shape index (κ1) is 23.7. The van der Waals surface area contributed by atoms with Gasteiger partial charge in [0.2, 0.25) is 5.91 Å². The number of nitrogens with zero attached hydrogens (tertiary/aromatic N) is 3. The molecule has 1 N–H and O–H groups in total. The summed E-state index contributed by atoms with van der Waals surface area (Å²) in [5, 5.41) is 7.16. The molecule has 33 heavy (non-hydrogen) atoms. The van der Waals surface area contributed by atoms with Gasteiger partial charge >= 0.3 is 0 Å². The van der Waals surface area contributed by atoms with Crippen molar-refractivity contribution >= 4 is 23.4 Å². The van der Waals surface area contributed by atoms with Crippen LogP contribution in [0.15, 0.2) is 60.8 Å². The number of methoxy groups -OCH3 is 1. The number of nitrogens with one attached hydrogen (secondary N) is 1. The van der Waals surface area contributed by atoms with Gasteiger partial charge in [-0.25, -0.2) is 4.68 Å². The van der Waals surface area contributed by atoms with Gasteiger partial charge < -0.3 is 15.0 Å². The number of hydrogen-bond acceptors (Lipinski definition) is 5. The van der Waals surface area contributed by atoms with Crippen LogP contribution in [0.2, 0.25) is 0 Å². The van der Waals surface area contributed by atoms with Gasteiger partial charge in [0.25, 0.3) is 5.91 Å². The molecule has 172 valence electrons. The second-order valence-electron chi connectivity index (χ2n) is 7.30. The number of anilines is 1. The van der Waals surface area contributed by atoms with Crippen LogP contribution in [0.3, 0.4) is 0 Å². The number of hydrogen-bond donors (Lipinski definition) is 1. The summed E-state index contributed by atoms with van der Waals surface area (Å²) >= 11 is 0. The summed E-state index contributed by atoms with van der Waals surface area (Å²) in [5.41, 5.74) is 1.43. The Bertz CT molecular complexity index is 1120. The quantitative estimate of drug-likeness (QED) is 0.474. The molecule has 2 amide bonds. The third-order valence-corrected chi connectivity index (χ3v) is 5.30. The summed E-state index contributed by atoms with van der Waals surface area (Å²) in [7, 11) is 1.50. The molecule has 8 nitrogen and oxygen atoms in total. The smallest absolute Gasteiger partial charge is 0.259 e. The summed E-state index contributed by atoms with van der Waals surface area (Å²) in [5.74, 6) is -0.0456. The lowest BCUT2D eigenvalue weighted by atomic mass is 10.1. The highest BCUT2D eigenvalue weighted by atomic mass is 16.5.